The first-order valence-corrected chi connectivity index (χ1v) is 7.49. The number of ether oxygens (including phenoxy) is 1. The molecule has 0 amide bonds. The Kier molecular flexibility index (Phi) is 5.39. The van der Waals surface area contributed by atoms with E-state index in [4.69, 9.17) is 4.74 Å². The highest BCUT2D eigenvalue weighted by atomic mass is 16.5. The van der Waals surface area contributed by atoms with Gasteiger partial charge in [-0.1, -0.05) is 36.8 Å². The van der Waals surface area contributed by atoms with Crippen molar-refractivity contribution in [3.05, 3.63) is 47.3 Å². The smallest absolute Gasteiger partial charge is 0.162 e. The topological polar surface area (TPSA) is 47.3 Å². The summed E-state index contributed by atoms with van der Waals surface area (Å²) in [7, 11) is 1.61. The van der Waals surface area contributed by atoms with Gasteiger partial charge >= 0.3 is 0 Å². The van der Waals surface area contributed by atoms with Crippen LogP contribution < -0.4 is 4.74 Å². The number of rotatable bonds is 7. The van der Waals surface area contributed by atoms with Crippen molar-refractivity contribution in [1.82, 2.24) is 9.78 Å². The standard InChI is InChI=1S/C17H24N2O2/c1-4-11-19-17(16(21-3)12-18-19)15(20)10-9-14-7-5-13(2)6-8-14/h5-8,12,15,20H,4,9-11H2,1-3H3. The Hall–Kier alpha value is -1.81. The second-order valence-corrected chi connectivity index (χ2v) is 5.36. The second-order valence-electron chi connectivity index (χ2n) is 5.36. The van der Waals surface area contributed by atoms with Gasteiger partial charge in [0.2, 0.25) is 0 Å². The number of hydrogen-bond donors (Lipinski definition) is 1. The van der Waals surface area contributed by atoms with Crippen molar-refractivity contribution < 1.29 is 9.84 Å². The van der Waals surface area contributed by atoms with Crippen LogP contribution in [0.5, 0.6) is 5.75 Å². The van der Waals surface area contributed by atoms with Crippen molar-refractivity contribution >= 4 is 0 Å². The van der Waals surface area contributed by atoms with Crippen LogP contribution in [0.25, 0.3) is 0 Å². The summed E-state index contributed by atoms with van der Waals surface area (Å²) >= 11 is 0. The number of benzene rings is 1. The minimum atomic E-state index is -0.560. The SMILES string of the molecule is CCCn1ncc(OC)c1C(O)CCc1ccc(C)cc1. The van der Waals surface area contributed by atoms with E-state index in [1.54, 1.807) is 13.3 Å². The summed E-state index contributed by atoms with van der Waals surface area (Å²) in [6.07, 6.45) is 3.59. The van der Waals surface area contributed by atoms with Crippen LogP contribution >= 0.6 is 0 Å². The maximum atomic E-state index is 10.5. The molecule has 1 atom stereocenters. The molecule has 0 saturated heterocycles. The molecule has 4 nitrogen and oxygen atoms in total. The summed E-state index contributed by atoms with van der Waals surface area (Å²) in [5, 5.41) is 14.8. The van der Waals surface area contributed by atoms with E-state index in [1.807, 2.05) is 4.68 Å². The molecule has 0 aliphatic heterocycles. The van der Waals surface area contributed by atoms with Gasteiger partial charge in [-0.15, -0.1) is 0 Å². The zero-order valence-electron chi connectivity index (χ0n) is 13.0. The van der Waals surface area contributed by atoms with Gasteiger partial charge in [0.15, 0.2) is 5.75 Å². The molecular formula is C17H24N2O2. The maximum Gasteiger partial charge on any atom is 0.162 e. The van der Waals surface area contributed by atoms with Gasteiger partial charge in [-0.2, -0.15) is 5.10 Å². The van der Waals surface area contributed by atoms with E-state index in [1.165, 1.54) is 11.1 Å². The van der Waals surface area contributed by atoms with Crippen LogP contribution in [0.15, 0.2) is 30.5 Å². The molecule has 0 saturated carbocycles. The average Bonchev–Trinajstić information content (AvgIpc) is 2.90. The summed E-state index contributed by atoms with van der Waals surface area (Å²) in [6, 6.07) is 8.43. The highest BCUT2D eigenvalue weighted by Crippen LogP contribution is 2.28. The highest BCUT2D eigenvalue weighted by molar-refractivity contribution is 5.28. The van der Waals surface area contributed by atoms with Gasteiger partial charge in [0.25, 0.3) is 0 Å². The van der Waals surface area contributed by atoms with E-state index in [-0.39, 0.29) is 0 Å². The minimum absolute atomic E-state index is 0.560. The Balaban J connectivity index is 2.07. The van der Waals surface area contributed by atoms with Crippen LogP contribution in [0, 0.1) is 6.92 Å². The molecule has 1 aromatic heterocycles. The van der Waals surface area contributed by atoms with Gasteiger partial charge in [0.1, 0.15) is 5.69 Å². The first-order valence-electron chi connectivity index (χ1n) is 7.49. The van der Waals surface area contributed by atoms with Crippen molar-refractivity contribution in [2.45, 2.75) is 45.8 Å². The van der Waals surface area contributed by atoms with Crippen molar-refractivity contribution in [3.8, 4) is 5.75 Å². The number of aliphatic hydroxyl groups excluding tert-OH is 1. The van der Waals surface area contributed by atoms with Crippen molar-refractivity contribution in [3.63, 3.8) is 0 Å². The summed E-state index contributed by atoms with van der Waals surface area (Å²) in [4.78, 5) is 0. The number of hydrogen-bond acceptors (Lipinski definition) is 3. The number of aryl methyl sites for hydroxylation is 3. The first kappa shape index (κ1) is 15.6. The monoisotopic (exact) mass is 288 g/mol. The summed E-state index contributed by atoms with van der Waals surface area (Å²) in [6.45, 7) is 4.96. The highest BCUT2D eigenvalue weighted by Gasteiger charge is 2.19. The Bertz CT molecular complexity index is 561. The molecule has 0 fully saturated rings. The van der Waals surface area contributed by atoms with Crippen LogP contribution in [0.4, 0.5) is 0 Å². The summed E-state index contributed by atoms with van der Waals surface area (Å²) in [5.41, 5.74) is 3.27. The number of aromatic nitrogens is 2. The second kappa shape index (κ2) is 7.27. The van der Waals surface area contributed by atoms with E-state index >= 15 is 0 Å². The van der Waals surface area contributed by atoms with E-state index < -0.39 is 6.10 Å². The number of aliphatic hydroxyl groups is 1. The lowest BCUT2D eigenvalue weighted by Crippen LogP contribution is -2.11. The quantitative estimate of drug-likeness (QED) is 0.850. The molecule has 0 bridgehead atoms. The molecule has 2 aromatic rings. The molecule has 114 valence electrons. The lowest BCUT2D eigenvalue weighted by Gasteiger charge is -2.15. The van der Waals surface area contributed by atoms with Gasteiger partial charge in [-0.25, -0.2) is 0 Å². The first-order chi connectivity index (χ1) is 10.2. The Morgan fingerprint density at radius 1 is 1.29 bits per heavy atom. The molecule has 0 spiro atoms. The zero-order chi connectivity index (χ0) is 15.2. The third kappa shape index (κ3) is 3.85. The zero-order valence-corrected chi connectivity index (χ0v) is 13.0. The largest absolute Gasteiger partial charge is 0.493 e. The van der Waals surface area contributed by atoms with Crippen LogP contribution in [-0.4, -0.2) is 22.0 Å². The van der Waals surface area contributed by atoms with Crippen LogP contribution in [0.2, 0.25) is 0 Å². The number of methoxy groups -OCH3 is 1. The molecular weight excluding hydrogens is 264 g/mol. The Morgan fingerprint density at radius 2 is 2.00 bits per heavy atom. The van der Waals surface area contributed by atoms with E-state index in [9.17, 15) is 5.11 Å². The molecule has 2 rings (SSSR count). The van der Waals surface area contributed by atoms with Crippen molar-refractivity contribution in [2.75, 3.05) is 7.11 Å². The molecule has 0 aliphatic rings. The lowest BCUT2D eigenvalue weighted by atomic mass is 10.0. The molecule has 4 heteroatoms. The van der Waals surface area contributed by atoms with E-state index in [0.717, 1.165) is 25.1 Å². The predicted molar refractivity (Wildman–Crippen MR) is 83.5 cm³/mol. The van der Waals surface area contributed by atoms with Crippen molar-refractivity contribution in [1.29, 1.82) is 0 Å². The van der Waals surface area contributed by atoms with Crippen molar-refractivity contribution in [2.24, 2.45) is 0 Å². The molecule has 1 unspecified atom stereocenters. The third-order valence-corrected chi connectivity index (χ3v) is 3.64. The van der Waals surface area contributed by atoms with Crippen LogP contribution in [0.3, 0.4) is 0 Å². The summed E-state index contributed by atoms with van der Waals surface area (Å²) < 4.78 is 7.16. The molecule has 1 aromatic carbocycles. The molecule has 0 aliphatic carbocycles. The molecule has 1 N–H and O–H groups in total. The Morgan fingerprint density at radius 3 is 2.62 bits per heavy atom. The maximum absolute atomic E-state index is 10.5. The molecule has 1 heterocycles. The predicted octanol–water partition coefficient (Wildman–Crippen LogP) is 3.28. The van der Waals surface area contributed by atoms with Gasteiger partial charge in [-0.05, 0) is 31.7 Å². The average molecular weight is 288 g/mol. The minimum Gasteiger partial charge on any atom is -0.493 e. The Labute approximate surface area is 126 Å². The fourth-order valence-corrected chi connectivity index (χ4v) is 2.46. The fourth-order valence-electron chi connectivity index (χ4n) is 2.46. The molecule has 0 radical (unpaired) electrons. The van der Waals surface area contributed by atoms with Gasteiger partial charge in [0, 0.05) is 6.54 Å². The van der Waals surface area contributed by atoms with Gasteiger partial charge in [0.05, 0.1) is 19.4 Å². The van der Waals surface area contributed by atoms with E-state index in [2.05, 4.69) is 43.2 Å². The fraction of sp³-hybridized carbons (Fsp3) is 0.471. The lowest BCUT2D eigenvalue weighted by molar-refractivity contribution is 0.152. The normalized spacial score (nSPS) is 12.4. The van der Waals surface area contributed by atoms with Crippen LogP contribution in [-0.2, 0) is 13.0 Å². The molecule has 21 heavy (non-hydrogen) atoms. The van der Waals surface area contributed by atoms with Crippen LogP contribution in [0.1, 0.15) is 42.7 Å². The van der Waals surface area contributed by atoms with E-state index in [0.29, 0.717) is 12.2 Å². The number of nitrogens with zero attached hydrogens (tertiary/aromatic N) is 2. The van der Waals surface area contributed by atoms with Gasteiger partial charge < -0.3 is 9.84 Å². The van der Waals surface area contributed by atoms with Gasteiger partial charge in [-0.3, -0.25) is 4.68 Å². The summed E-state index contributed by atoms with van der Waals surface area (Å²) in [5.74, 6) is 0.667. The third-order valence-electron chi connectivity index (χ3n) is 3.64.